The highest BCUT2D eigenvalue weighted by Crippen LogP contribution is 2.61. The molecule has 0 fully saturated rings. The Labute approximate surface area is 189 Å². The van der Waals surface area contributed by atoms with Gasteiger partial charge in [0, 0.05) is 10.8 Å². The Morgan fingerprint density at radius 1 is 0.581 bits per heavy atom. The van der Waals surface area contributed by atoms with E-state index in [0.29, 0.717) is 11.6 Å². The van der Waals surface area contributed by atoms with Gasteiger partial charge in [0.2, 0.25) is 0 Å². The van der Waals surface area contributed by atoms with Crippen molar-refractivity contribution < 1.29 is 0 Å². The molecule has 0 amide bonds. The van der Waals surface area contributed by atoms with Crippen molar-refractivity contribution in [2.24, 2.45) is 0 Å². The second-order valence-electron chi connectivity index (χ2n) is 8.19. The molecule has 0 saturated heterocycles. The van der Waals surface area contributed by atoms with E-state index in [9.17, 15) is 0 Å². The van der Waals surface area contributed by atoms with Gasteiger partial charge in [-0.05, 0) is 34.6 Å². The molecule has 31 heavy (non-hydrogen) atoms. The zero-order valence-electron chi connectivity index (χ0n) is 18.4. The molecule has 0 N–H and O–H groups in total. The molecular formula is C30H31P. The molecule has 0 bridgehead atoms. The van der Waals surface area contributed by atoms with E-state index in [0.717, 1.165) is 15.0 Å². The lowest BCUT2D eigenvalue weighted by atomic mass is 9.77. The van der Waals surface area contributed by atoms with Crippen LogP contribution >= 0.6 is 8.58 Å². The van der Waals surface area contributed by atoms with Crippen LogP contribution in [0, 0.1) is 0 Å². The van der Waals surface area contributed by atoms with E-state index in [4.69, 9.17) is 0 Å². The SMILES string of the molecule is CCC(PC(c1ccccc1)(c1ccccc1)C(C)c1ccccc1)c1ccccc1. The highest BCUT2D eigenvalue weighted by Gasteiger charge is 2.42. The van der Waals surface area contributed by atoms with Gasteiger partial charge in [-0.15, -0.1) is 0 Å². The fourth-order valence-electron chi connectivity index (χ4n) is 4.73. The van der Waals surface area contributed by atoms with Crippen LogP contribution in [0.4, 0.5) is 0 Å². The molecule has 0 aromatic heterocycles. The minimum Gasteiger partial charge on any atom is -0.0979 e. The summed E-state index contributed by atoms with van der Waals surface area (Å²) < 4.78 is 0. The maximum Gasteiger partial charge on any atom is 0.0443 e. The number of rotatable bonds is 8. The van der Waals surface area contributed by atoms with Gasteiger partial charge in [-0.25, -0.2) is 0 Å². The third-order valence-electron chi connectivity index (χ3n) is 6.42. The van der Waals surface area contributed by atoms with Crippen LogP contribution in [0.5, 0.6) is 0 Å². The number of benzene rings is 4. The molecule has 0 nitrogen and oxygen atoms in total. The number of hydrogen-bond acceptors (Lipinski definition) is 0. The summed E-state index contributed by atoms with van der Waals surface area (Å²) in [6, 6.07) is 44.5. The van der Waals surface area contributed by atoms with Crippen molar-refractivity contribution in [1.29, 1.82) is 0 Å². The van der Waals surface area contributed by atoms with Crippen LogP contribution in [0.1, 0.15) is 54.1 Å². The molecule has 3 atom stereocenters. The van der Waals surface area contributed by atoms with E-state index in [1.165, 1.54) is 22.3 Å². The first-order valence-electron chi connectivity index (χ1n) is 11.2. The van der Waals surface area contributed by atoms with Crippen molar-refractivity contribution in [3.63, 3.8) is 0 Å². The summed E-state index contributed by atoms with van der Waals surface area (Å²) in [6.07, 6.45) is 1.13. The Hall–Kier alpha value is -2.69. The smallest absolute Gasteiger partial charge is 0.0443 e. The van der Waals surface area contributed by atoms with Gasteiger partial charge < -0.3 is 0 Å². The topological polar surface area (TPSA) is 0 Å². The lowest BCUT2D eigenvalue weighted by Gasteiger charge is -2.43. The van der Waals surface area contributed by atoms with Gasteiger partial charge in [0.1, 0.15) is 0 Å². The highest BCUT2D eigenvalue weighted by atomic mass is 31.1. The zero-order chi connectivity index (χ0) is 21.5. The minimum atomic E-state index is -0.0968. The largest absolute Gasteiger partial charge is 0.0979 e. The fraction of sp³-hybridized carbons (Fsp3) is 0.200. The summed E-state index contributed by atoms with van der Waals surface area (Å²) >= 11 is 0. The van der Waals surface area contributed by atoms with E-state index < -0.39 is 0 Å². The van der Waals surface area contributed by atoms with Crippen molar-refractivity contribution >= 4 is 8.58 Å². The van der Waals surface area contributed by atoms with Gasteiger partial charge in [-0.1, -0.05) is 144 Å². The molecule has 3 unspecified atom stereocenters. The number of hydrogen-bond donors (Lipinski definition) is 0. The molecule has 156 valence electrons. The first kappa shape index (κ1) is 21.5. The minimum absolute atomic E-state index is 0.0968. The molecule has 0 spiro atoms. The molecule has 4 aromatic rings. The second-order valence-corrected chi connectivity index (χ2v) is 9.96. The average molecular weight is 423 g/mol. The first-order valence-corrected chi connectivity index (χ1v) is 12.3. The van der Waals surface area contributed by atoms with Crippen LogP contribution in [0.25, 0.3) is 0 Å². The predicted molar refractivity (Wildman–Crippen MR) is 136 cm³/mol. The molecule has 0 heterocycles. The lowest BCUT2D eigenvalue weighted by molar-refractivity contribution is 0.591. The predicted octanol–water partition coefficient (Wildman–Crippen LogP) is 8.56. The molecular weight excluding hydrogens is 391 g/mol. The van der Waals surface area contributed by atoms with Crippen LogP contribution < -0.4 is 0 Å². The maximum absolute atomic E-state index is 2.42. The van der Waals surface area contributed by atoms with E-state index in [-0.39, 0.29) is 5.16 Å². The maximum atomic E-state index is 2.42. The molecule has 4 aromatic carbocycles. The van der Waals surface area contributed by atoms with Crippen molar-refractivity contribution in [3.05, 3.63) is 144 Å². The quantitative estimate of drug-likeness (QED) is 0.249. The Bertz CT molecular complexity index is 1000. The Kier molecular flexibility index (Phi) is 7.00. The molecule has 0 aliphatic carbocycles. The Morgan fingerprint density at radius 2 is 0.968 bits per heavy atom. The highest BCUT2D eigenvalue weighted by molar-refractivity contribution is 7.40. The third kappa shape index (κ3) is 4.51. The Morgan fingerprint density at radius 3 is 1.39 bits per heavy atom. The van der Waals surface area contributed by atoms with E-state index in [2.05, 4.69) is 135 Å². The normalized spacial score (nSPS) is 13.9. The van der Waals surface area contributed by atoms with Crippen molar-refractivity contribution in [2.45, 2.75) is 37.0 Å². The summed E-state index contributed by atoms with van der Waals surface area (Å²) in [5.41, 5.74) is 6.16. The van der Waals surface area contributed by atoms with Crippen LogP contribution in [-0.2, 0) is 5.16 Å². The van der Waals surface area contributed by atoms with Crippen LogP contribution in [0.15, 0.2) is 121 Å². The van der Waals surface area contributed by atoms with Gasteiger partial charge in [0.25, 0.3) is 0 Å². The molecule has 0 aliphatic heterocycles. The summed E-state index contributed by atoms with van der Waals surface area (Å²) in [4.78, 5) is 0. The molecule has 1 heteroatoms. The molecule has 0 aliphatic rings. The van der Waals surface area contributed by atoms with Gasteiger partial charge in [-0.3, -0.25) is 0 Å². The molecule has 0 radical (unpaired) electrons. The molecule has 4 rings (SSSR count). The van der Waals surface area contributed by atoms with E-state index in [1.54, 1.807) is 0 Å². The summed E-state index contributed by atoms with van der Waals surface area (Å²) in [5, 5.41) is -0.0968. The first-order chi connectivity index (χ1) is 15.3. The van der Waals surface area contributed by atoms with Gasteiger partial charge >= 0.3 is 0 Å². The zero-order valence-corrected chi connectivity index (χ0v) is 19.4. The Balaban J connectivity index is 1.93. The standard InChI is InChI=1S/C30H31P/c1-3-29(26-18-10-5-11-19-26)31-30(27-20-12-6-13-21-27,28-22-14-7-15-23-28)24(2)25-16-8-4-9-17-25/h4-24,29,31H,3H2,1-2H3. The van der Waals surface area contributed by atoms with E-state index in [1.807, 2.05) is 0 Å². The summed E-state index contributed by atoms with van der Waals surface area (Å²) in [5.74, 6) is 0.342. The van der Waals surface area contributed by atoms with Gasteiger partial charge in [0.15, 0.2) is 0 Å². The average Bonchev–Trinajstić information content (AvgIpc) is 2.87. The van der Waals surface area contributed by atoms with Gasteiger partial charge in [0.05, 0.1) is 0 Å². The third-order valence-corrected chi connectivity index (χ3v) is 8.98. The van der Waals surface area contributed by atoms with Crippen LogP contribution in [0.2, 0.25) is 0 Å². The summed E-state index contributed by atoms with van der Waals surface area (Å²) in [7, 11) is 0.723. The second kappa shape index (κ2) is 10.1. The van der Waals surface area contributed by atoms with Crippen LogP contribution in [-0.4, -0.2) is 0 Å². The fourth-order valence-corrected chi connectivity index (χ4v) is 6.93. The van der Waals surface area contributed by atoms with E-state index >= 15 is 0 Å². The monoisotopic (exact) mass is 422 g/mol. The van der Waals surface area contributed by atoms with Crippen molar-refractivity contribution in [3.8, 4) is 0 Å². The van der Waals surface area contributed by atoms with Crippen molar-refractivity contribution in [2.75, 3.05) is 0 Å². The van der Waals surface area contributed by atoms with Crippen molar-refractivity contribution in [1.82, 2.24) is 0 Å². The summed E-state index contributed by atoms with van der Waals surface area (Å²) in [6.45, 7) is 4.75. The van der Waals surface area contributed by atoms with Gasteiger partial charge in [-0.2, -0.15) is 0 Å². The lowest BCUT2D eigenvalue weighted by Crippen LogP contribution is -2.30. The molecule has 0 saturated carbocycles. The van der Waals surface area contributed by atoms with Crippen LogP contribution in [0.3, 0.4) is 0 Å².